The first-order chi connectivity index (χ1) is 14.8. The molecule has 0 aliphatic heterocycles. The molecule has 3 rings (SSSR count). The number of nitriles is 1. The van der Waals surface area contributed by atoms with E-state index in [-0.39, 0.29) is 11.1 Å². The average molecular weight is 443 g/mol. The Kier molecular flexibility index (Phi) is 6.61. The Morgan fingerprint density at radius 3 is 2.52 bits per heavy atom. The number of anilines is 1. The minimum Gasteiger partial charge on any atom is -0.465 e. The number of hydrogen-bond acceptors (Lipinski definition) is 9. The number of thiophene rings is 1. The number of fused-ring (bicyclic) bond motifs is 1. The lowest BCUT2D eigenvalue weighted by Crippen LogP contribution is -2.21. The largest absolute Gasteiger partial charge is 0.465 e. The van der Waals surface area contributed by atoms with E-state index >= 15 is 0 Å². The Hall–Kier alpha value is -3.78. The van der Waals surface area contributed by atoms with Crippen molar-refractivity contribution in [1.82, 2.24) is 0 Å². The van der Waals surface area contributed by atoms with E-state index in [0.29, 0.717) is 10.6 Å². The van der Waals surface area contributed by atoms with Crippen LogP contribution in [0, 0.1) is 21.4 Å². The Labute approximate surface area is 180 Å². The number of nitro benzene ring substituents is 1. The SMILES string of the molecule is COC(=O)c1cc(C(=O)OCC(=O)Nc2sc3c(c2C#N)CCCC3)cc([N+](=O)[O-])c1. The van der Waals surface area contributed by atoms with Gasteiger partial charge in [-0.25, -0.2) is 9.59 Å². The fraction of sp³-hybridized carbons (Fsp3) is 0.300. The molecule has 10 nitrogen and oxygen atoms in total. The Balaban J connectivity index is 1.70. The van der Waals surface area contributed by atoms with Gasteiger partial charge in [0.1, 0.15) is 11.1 Å². The number of carbonyl (C=O) groups excluding carboxylic acids is 3. The average Bonchev–Trinajstić information content (AvgIpc) is 3.13. The van der Waals surface area contributed by atoms with Crippen LogP contribution in [0.4, 0.5) is 10.7 Å². The second-order valence-corrected chi connectivity index (χ2v) is 7.77. The number of benzene rings is 1. The summed E-state index contributed by atoms with van der Waals surface area (Å²) in [6, 6.07) is 5.11. The van der Waals surface area contributed by atoms with Crippen molar-refractivity contribution in [3.8, 4) is 6.07 Å². The number of nitrogens with zero attached hydrogens (tertiary/aromatic N) is 2. The fourth-order valence-electron chi connectivity index (χ4n) is 3.22. The number of nitro groups is 1. The standard InChI is InChI=1S/C20H17N3O7S/c1-29-19(25)11-6-12(8-13(7-11)23(27)28)20(26)30-10-17(24)22-18-15(9-21)14-4-2-3-5-16(14)31-18/h6-8H,2-5,10H2,1H3,(H,22,24). The second kappa shape index (κ2) is 9.36. The number of amides is 1. The third-order valence-corrected chi connectivity index (χ3v) is 5.86. The van der Waals surface area contributed by atoms with Crippen molar-refractivity contribution in [2.24, 2.45) is 0 Å². The monoisotopic (exact) mass is 443 g/mol. The van der Waals surface area contributed by atoms with E-state index in [0.717, 1.165) is 61.4 Å². The third-order valence-electron chi connectivity index (χ3n) is 4.66. The first-order valence-corrected chi connectivity index (χ1v) is 10.0. The number of aryl methyl sites for hydroxylation is 1. The molecule has 1 aliphatic rings. The first kappa shape index (κ1) is 21.9. The lowest BCUT2D eigenvalue weighted by atomic mass is 9.96. The van der Waals surface area contributed by atoms with E-state index in [4.69, 9.17) is 4.74 Å². The summed E-state index contributed by atoms with van der Waals surface area (Å²) in [5.74, 6) is -2.53. The molecule has 0 saturated heterocycles. The third kappa shape index (κ3) is 4.87. The van der Waals surface area contributed by atoms with Gasteiger partial charge >= 0.3 is 11.9 Å². The Morgan fingerprint density at radius 1 is 1.19 bits per heavy atom. The van der Waals surface area contributed by atoms with Crippen LogP contribution in [0.2, 0.25) is 0 Å². The predicted octanol–water partition coefficient (Wildman–Crippen LogP) is 2.99. The van der Waals surface area contributed by atoms with E-state index in [9.17, 15) is 29.8 Å². The molecule has 31 heavy (non-hydrogen) atoms. The van der Waals surface area contributed by atoms with Gasteiger partial charge in [-0.2, -0.15) is 5.26 Å². The summed E-state index contributed by atoms with van der Waals surface area (Å²) in [6.45, 7) is -0.664. The summed E-state index contributed by atoms with van der Waals surface area (Å²) in [5.41, 5.74) is 0.420. The van der Waals surface area contributed by atoms with Crippen molar-refractivity contribution < 1.29 is 28.8 Å². The van der Waals surface area contributed by atoms with Gasteiger partial charge in [-0.1, -0.05) is 0 Å². The maximum absolute atomic E-state index is 12.3. The van der Waals surface area contributed by atoms with Crippen LogP contribution in [0.1, 0.15) is 49.6 Å². The molecule has 0 spiro atoms. The lowest BCUT2D eigenvalue weighted by molar-refractivity contribution is -0.384. The molecule has 0 saturated carbocycles. The summed E-state index contributed by atoms with van der Waals surface area (Å²) >= 11 is 1.34. The number of ether oxygens (including phenoxy) is 2. The second-order valence-electron chi connectivity index (χ2n) is 6.67. The molecule has 11 heteroatoms. The van der Waals surface area contributed by atoms with Crippen LogP contribution in [0.5, 0.6) is 0 Å². The maximum atomic E-state index is 12.3. The zero-order valence-electron chi connectivity index (χ0n) is 16.4. The van der Waals surface area contributed by atoms with E-state index in [1.165, 1.54) is 11.3 Å². The number of esters is 2. The highest BCUT2D eigenvalue weighted by Gasteiger charge is 2.23. The molecule has 1 aliphatic carbocycles. The fourth-order valence-corrected chi connectivity index (χ4v) is 4.48. The summed E-state index contributed by atoms with van der Waals surface area (Å²) in [6.07, 6.45) is 3.66. The maximum Gasteiger partial charge on any atom is 0.338 e. The van der Waals surface area contributed by atoms with E-state index < -0.39 is 35.1 Å². The molecule has 160 valence electrons. The van der Waals surface area contributed by atoms with E-state index in [1.807, 2.05) is 0 Å². The van der Waals surface area contributed by atoms with Crippen LogP contribution < -0.4 is 5.32 Å². The van der Waals surface area contributed by atoms with Crippen molar-refractivity contribution in [2.75, 3.05) is 19.0 Å². The van der Waals surface area contributed by atoms with Crippen molar-refractivity contribution in [3.63, 3.8) is 0 Å². The van der Waals surface area contributed by atoms with Crippen molar-refractivity contribution >= 4 is 39.9 Å². The highest BCUT2D eigenvalue weighted by Crippen LogP contribution is 2.37. The molecule has 1 aromatic carbocycles. The molecule has 0 radical (unpaired) electrons. The number of nitrogens with one attached hydrogen (secondary N) is 1. The van der Waals surface area contributed by atoms with Gasteiger partial charge in [0.15, 0.2) is 6.61 Å². The highest BCUT2D eigenvalue weighted by molar-refractivity contribution is 7.16. The minimum atomic E-state index is -1.02. The predicted molar refractivity (Wildman–Crippen MR) is 109 cm³/mol. The molecule has 1 heterocycles. The number of carbonyl (C=O) groups is 3. The van der Waals surface area contributed by atoms with Gasteiger partial charge in [0.05, 0.1) is 28.7 Å². The molecule has 1 aromatic heterocycles. The quantitative estimate of drug-likeness (QED) is 0.407. The van der Waals surface area contributed by atoms with Crippen LogP contribution in [-0.2, 0) is 27.1 Å². The number of rotatable bonds is 6. The zero-order valence-corrected chi connectivity index (χ0v) is 17.2. The minimum absolute atomic E-state index is 0.198. The number of methoxy groups -OCH3 is 1. The molecule has 2 aromatic rings. The summed E-state index contributed by atoms with van der Waals surface area (Å²) in [7, 11) is 1.10. The summed E-state index contributed by atoms with van der Waals surface area (Å²) in [4.78, 5) is 47.6. The highest BCUT2D eigenvalue weighted by atomic mass is 32.1. The van der Waals surface area contributed by atoms with Gasteiger partial charge in [0, 0.05) is 17.0 Å². The molecule has 0 unspecified atom stereocenters. The van der Waals surface area contributed by atoms with Gasteiger partial charge < -0.3 is 14.8 Å². The molecular weight excluding hydrogens is 426 g/mol. The van der Waals surface area contributed by atoms with Crippen molar-refractivity contribution in [3.05, 3.63) is 55.4 Å². The molecule has 0 atom stereocenters. The lowest BCUT2D eigenvalue weighted by Gasteiger charge is -2.09. The van der Waals surface area contributed by atoms with Crippen LogP contribution in [0.3, 0.4) is 0 Å². The molecule has 0 bridgehead atoms. The van der Waals surface area contributed by atoms with Crippen LogP contribution in [0.15, 0.2) is 18.2 Å². The van der Waals surface area contributed by atoms with Gasteiger partial charge in [-0.05, 0) is 37.3 Å². The van der Waals surface area contributed by atoms with Gasteiger partial charge in [0.2, 0.25) is 0 Å². The topological polar surface area (TPSA) is 149 Å². The van der Waals surface area contributed by atoms with Gasteiger partial charge in [0.25, 0.3) is 11.6 Å². The number of non-ortho nitro benzene ring substituents is 1. The van der Waals surface area contributed by atoms with E-state index in [2.05, 4.69) is 16.1 Å². The molecular formula is C20H17N3O7S. The number of hydrogen-bond donors (Lipinski definition) is 1. The Morgan fingerprint density at radius 2 is 1.87 bits per heavy atom. The van der Waals surface area contributed by atoms with Crippen LogP contribution in [-0.4, -0.2) is 36.5 Å². The van der Waals surface area contributed by atoms with E-state index in [1.54, 1.807) is 0 Å². The zero-order chi connectivity index (χ0) is 22.5. The normalized spacial score (nSPS) is 12.3. The van der Waals surface area contributed by atoms with Crippen molar-refractivity contribution in [1.29, 1.82) is 5.26 Å². The van der Waals surface area contributed by atoms with Crippen LogP contribution in [0.25, 0.3) is 0 Å². The Bertz CT molecular complexity index is 1120. The van der Waals surface area contributed by atoms with Crippen molar-refractivity contribution in [2.45, 2.75) is 25.7 Å². The van der Waals surface area contributed by atoms with Crippen LogP contribution >= 0.6 is 11.3 Å². The first-order valence-electron chi connectivity index (χ1n) is 9.23. The van der Waals surface area contributed by atoms with Gasteiger partial charge in [-0.3, -0.25) is 14.9 Å². The summed E-state index contributed by atoms with van der Waals surface area (Å²) < 4.78 is 9.46. The molecule has 1 amide bonds. The smallest absolute Gasteiger partial charge is 0.338 e. The van der Waals surface area contributed by atoms with Gasteiger partial charge in [-0.15, -0.1) is 11.3 Å². The molecule has 0 fully saturated rings. The summed E-state index contributed by atoms with van der Waals surface area (Å²) in [5, 5.41) is 23.5. The molecule has 1 N–H and O–H groups in total.